The van der Waals surface area contributed by atoms with E-state index < -0.39 is 10.6 Å². The minimum Gasteiger partial charge on any atom is -0.508 e. The van der Waals surface area contributed by atoms with Crippen molar-refractivity contribution in [2.24, 2.45) is 0 Å². The summed E-state index contributed by atoms with van der Waals surface area (Å²) in [5.41, 5.74) is 10.8. The van der Waals surface area contributed by atoms with Crippen LogP contribution in [0.2, 0.25) is 0 Å². The minimum atomic E-state index is -0.686. The fourth-order valence-corrected chi connectivity index (χ4v) is 1.52. The Bertz CT molecular complexity index is 629. The summed E-state index contributed by atoms with van der Waals surface area (Å²) in [7, 11) is 0. The molecule has 0 fully saturated rings. The first-order chi connectivity index (χ1) is 8.49. The molecule has 0 saturated heterocycles. The van der Waals surface area contributed by atoms with E-state index in [0.717, 1.165) is 0 Å². The molecule has 0 unspecified atom stereocenters. The molecule has 1 aromatic carbocycles. The van der Waals surface area contributed by atoms with E-state index >= 15 is 0 Å². The number of nitrogens with zero attached hydrogens (tertiary/aromatic N) is 3. The summed E-state index contributed by atoms with van der Waals surface area (Å²) in [5.74, 6) is -0.528. The van der Waals surface area contributed by atoms with Crippen LogP contribution in [0, 0.1) is 10.1 Å². The average molecular weight is 247 g/mol. The van der Waals surface area contributed by atoms with Crippen molar-refractivity contribution in [1.82, 2.24) is 9.97 Å². The first-order valence-electron chi connectivity index (χ1n) is 4.86. The lowest BCUT2D eigenvalue weighted by Gasteiger charge is -2.05. The molecule has 92 valence electrons. The van der Waals surface area contributed by atoms with Gasteiger partial charge in [-0.3, -0.25) is 10.1 Å². The van der Waals surface area contributed by atoms with Crippen LogP contribution in [-0.4, -0.2) is 20.0 Å². The van der Waals surface area contributed by atoms with Crippen molar-refractivity contribution in [2.45, 2.75) is 0 Å². The molecule has 0 aliphatic heterocycles. The smallest absolute Gasteiger partial charge is 0.337 e. The van der Waals surface area contributed by atoms with Gasteiger partial charge in [-0.25, -0.2) is 4.98 Å². The molecule has 0 aliphatic rings. The number of rotatable bonds is 2. The molecule has 2 aromatic rings. The number of aromatic hydroxyl groups is 1. The van der Waals surface area contributed by atoms with Gasteiger partial charge in [0.15, 0.2) is 5.69 Å². The molecule has 0 bridgehead atoms. The maximum Gasteiger partial charge on any atom is 0.337 e. The largest absolute Gasteiger partial charge is 0.508 e. The Hall–Kier alpha value is -2.90. The second-order valence-corrected chi connectivity index (χ2v) is 3.47. The second-order valence-electron chi connectivity index (χ2n) is 3.47. The fourth-order valence-electron chi connectivity index (χ4n) is 1.52. The molecular weight excluding hydrogens is 238 g/mol. The number of aromatic nitrogens is 2. The van der Waals surface area contributed by atoms with Gasteiger partial charge in [0.25, 0.3) is 0 Å². The topological polar surface area (TPSA) is 141 Å². The molecule has 8 heteroatoms. The van der Waals surface area contributed by atoms with E-state index in [1.54, 1.807) is 6.07 Å². The van der Waals surface area contributed by atoms with Crippen molar-refractivity contribution in [3.8, 4) is 17.0 Å². The van der Waals surface area contributed by atoms with E-state index in [-0.39, 0.29) is 23.2 Å². The highest BCUT2D eigenvalue weighted by Crippen LogP contribution is 2.33. The number of nitro groups is 1. The van der Waals surface area contributed by atoms with Gasteiger partial charge in [-0.1, -0.05) is 12.1 Å². The molecule has 0 spiro atoms. The number of nitrogens with two attached hydrogens (primary N) is 2. The van der Waals surface area contributed by atoms with E-state index in [1.807, 2.05) is 0 Å². The third kappa shape index (κ3) is 1.98. The van der Waals surface area contributed by atoms with Crippen LogP contribution in [0.15, 0.2) is 24.3 Å². The monoisotopic (exact) mass is 247 g/mol. The number of hydrogen-bond donors (Lipinski definition) is 3. The second kappa shape index (κ2) is 4.17. The van der Waals surface area contributed by atoms with Gasteiger partial charge in [0, 0.05) is 5.56 Å². The maximum absolute atomic E-state index is 11.0. The van der Waals surface area contributed by atoms with Crippen molar-refractivity contribution in [2.75, 3.05) is 11.5 Å². The third-order valence-electron chi connectivity index (χ3n) is 2.23. The molecule has 1 heterocycles. The molecule has 0 amide bonds. The molecule has 8 nitrogen and oxygen atoms in total. The first-order valence-corrected chi connectivity index (χ1v) is 4.86. The number of phenolic OH excluding ortho intramolecular Hbond substituents is 1. The van der Waals surface area contributed by atoms with Gasteiger partial charge in [0.05, 0.1) is 4.92 Å². The van der Waals surface area contributed by atoms with E-state index in [0.29, 0.717) is 5.56 Å². The molecule has 18 heavy (non-hydrogen) atoms. The summed E-state index contributed by atoms with van der Waals surface area (Å²) in [4.78, 5) is 17.6. The van der Waals surface area contributed by atoms with Crippen molar-refractivity contribution >= 4 is 17.5 Å². The van der Waals surface area contributed by atoms with Gasteiger partial charge in [-0.05, 0) is 12.1 Å². The normalized spacial score (nSPS) is 10.2. The lowest BCUT2D eigenvalue weighted by molar-refractivity contribution is -0.383. The van der Waals surface area contributed by atoms with Gasteiger partial charge in [-0.15, -0.1) is 0 Å². The zero-order valence-corrected chi connectivity index (χ0v) is 9.07. The highest BCUT2D eigenvalue weighted by Gasteiger charge is 2.23. The Labute approximate surface area is 101 Å². The van der Waals surface area contributed by atoms with Gasteiger partial charge < -0.3 is 16.6 Å². The molecule has 0 atom stereocenters. The Morgan fingerprint density at radius 2 is 2.00 bits per heavy atom. The van der Waals surface area contributed by atoms with Gasteiger partial charge >= 0.3 is 5.69 Å². The number of nitrogen functional groups attached to an aromatic ring is 2. The molecular formula is C10H9N5O3. The first kappa shape index (κ1) is 11.6. The zero-order chi connectivity index (χ0) is 13.3. The number of phenols is 1. The van der Waals surface area contributed by atoms with Crippen molar-refractivity contribution in [3.05, 3.63) is 34.4 Å². The quantitative estimate of drug-likeness (QED) is 0.529. The number of benzene rings is 1. The molecule has 0 aliphatic carbocycles. The minimum absolute atomic E-state index is 0.0269. The van der Waals surface area contributed by atoms with Crippen LogP contribution in [0.4, 0.5) is 17.5 Å². The molecule has 2 rings (SSSR count). The molecule has 5 N–H and O–H groups in total. The van der Waals surface area contributed by atoms with Crippen molar-refractivity contribution in [1.29, 1.82) is 0 Å². The Kier molecular flexibility index (Phi) is 2.68. The van der Waals surface area contributed by atoms with E-state index in [1.165, 1.54) is 18.2 Å². The van der Waals surface area contributed by atoms with Gasteiger partial charge in [-0.2, -0.15) is 4.98 Å². The average Bonchev–Trinajstić information content (AvgIpc) is 2.27. The molecule has 0 saturated carbocycles. The highest BCUT2D eigenvalue weighted by molar-refractivity contribution is 5.77. The van der Waals surface area contributed by atoms with Gasteiger partial charge in [0.1, 0.15) is 5.75 Å². The van der Waals surface area contributed by atoms with Crippen LogP contribution in [0.3, 0.4) is 0 Å². The lowest BCUT2D eigenvalue weighted by atomic mass is 10.1. The SMILES string of the molecule is Nc1nc(N)c([N+](=O)[O-])c(-c2cccc(O)c2)n1. The lowest BCUT2D eigenvalue weighted by Crippen LogP contribution is -2.06. The summed E-state index contributed by atoms with van der Waals surface area (Å²) < 4.78 is 0. The standard InChI is InChI=1S/C10H9N5O3/c11-9-8(15(17)18)7(13-10(12)14-9)5-2-1-3-6(16)4-5/h1-4,16H,(H4,11,12,13,14). The Morgan fingerprint density at radius 3 is 2.61 bits per heavy atom. The molecule has 1 aromatic heterocycles. The van der Waals surface area contributed by atoms with Gasteiger partial charge in [0.2, 0.25) is 11.8 Å². The van der Waals surface area contributed by atoms with Crippen molar-refractivity contribution in [3.63, 3.8) is 0 Å². The summed E-state index contributed by atoms with van der Waals surface area (Å²) in [5, 5.41) is 20.3. The Balaban J connectivity index is 2.73. The Morgan fingerprint density at radius 1 is 1.28 bits per heavy atom. The summed E-state index contributed by atoms with van der Waals surface area (Å²) in [6, 6.07) is 5.84. The van der Waals surface area contributed by atoms with Crippen LogP contribution < -0.4 is 11.5 Å². The number of anilines is 2. The number of hydrogen-bond acceptors (Lipinski definition) is 7. The third-order valence-corrected chi connectivity index (χ3v) is 2.23. The maximum atomic E-state index is 11.0. The fraction of sp³-hybridized carbons (Fsp3) is 0. The summed E-state index contributed by atoms with van der Waals surface area (Å²) >= 11 is 0. The zero-order valence-electron chi connectivity index (χ0n) is 9.07. The van der Waals surface area contributed by atoms with Crippen LogP contribution >= 0.6 is 0 Å². The van der Waals surface area contributed by atoms with E-state index in [9.17, 15) is 15.2 Å². The van der Waals surface area contributed by atoms with E-state index in [2.05, 4.69) is 9.97 Å². The highest BCUT2D eigenvalue weighted by atomic mass is 16.6. The van der Waals surface area contributed by atoms with Crippen LogP contribution in [0.25, 0.3) is 11.3 Å². The van der Waals surface area contributed by atoms with Crippen LogP contribution in [-0.2, 0) is 0 Å². The van der Waals surface area contributed by atoms with Crippen molar-refractivity contribution < 1.29 is 10.0 Å². The van der Waals surface area contributed by atoms with Crippen LogP contribution in [0.1, 0.15) is 0 Å². The predicted octanol–water partition coefficient (Wildman–Crippen LogP) is 0.922. The van der Waals surface area contributed by atoms with E-state index in [4.69, 9.17) is 11.5 Å². The summed E-state index contributed by atoms with van der Waals surface area (Å²) in [6.45, 7) is 0. The predicted molar refractivity (Wildman–Crippen MR) is 64.6 cm³/mol. The summed E-state index contributed by atoms with van der Waals surface area (Å²) in [6.07, 6.45) is 0. The van der Waals surface area contributed by atoms with Crippen LogP contribution in [0.5, 0.6) is 5.75 Å². The molecule has 0 radical (unpaired) electrons.